The average Bonchev–Trinajstić information content (AvgIpc) is 3.24. The normalized spacial score (nSPS) is 20.4. The third-order valence-electron chi connectivity index (χ3n) is 6.86. The highest BCUT2D eigenvalue weighted by molar-refractivity contribution is 5.78. The molecule has 7 heteroatoms. The molecule has 2 amide bonds. The number of rotatable bonds is 9. The number of carbonyl (C=O) groups is 2. The van der Waals surface area contributed by atoms with E-state index in [-0.39, 0.29) is 29.1 Å². The van der Waals surface area contributed by atoms with Crippen molar-refractivity contribution < 1.29 is 14.0 Å². The summed E-state index contributed by atoms with van der Waals surface area (Å²) in [6.45, 7) is 8.63. The number of nitrogens with one attached hydrogen (secondary N) is 2. The Kier molecular flexibility index (Phi) is 8.43. The molecule has 1 aromatic carbocycles. The predicted molar refractivity (Wildman–Crippen MR) is 120 cm³/mol. The van der Waals surface area contributed by atoms with Gasteiger partial charge < -0.3 is 10.6 Å². The molecule has 0 bridgehead atoms. The lowest BCUT2D eigenvalue weighted by molar-refractivity contribution is -0.125. The van der Waals surface area contributed by atoms with Crippen LogP contribution in [0.3, 0.4) is 0 Å². The summed E-state index contributed by atoms with van der Waals surface area (Å²) in [5, 5.41) is 6.15. The third-order valence-corrected chi connectivity index (χ3v) is 6.86. The van der Waals surface area contributed by atoms with Crippen molar-refractivity contribution in [2.24, 2.45) is 0 Å². The van der Waals surface area contributed by atoms with Crippen molar-refractivity contribution in [2.75, 3.05) is 45.8 Å². The van der Waals surface area contributed by atoms with Gasteiger partial charge in [-0.25, -0.2) is 4.39 Å². The lowest BCUT2D eigenvalue weighted by Gasteiger charge is -2.34. The molecule has 1 aromatic rings. The van der Waals surface area contributed by atoms with Crippen LogP contribution in [0.1, 0.15) is 51.5 Å². The van der Waals surface area contributed by atoms with Crippen molar-refractivity contribution >= 4 is 11.8 Å². The fourth-order valence-corrected chi connectivity index (χ4v) is 4.68. The molecule has 1 aliphatic heterocycles. The number of hydrogen-bond acceptors (Lipinski definition) is 4. The van der Waals surface area contributed by atoms with Crippen LogP contribution in [-0.4, -0.2) is 73.5 Å². The van der Waals surface area contributed by atoms with Gasteiger partial charge in [0.15, 0.2) is 0 Å². The highest BCUT2D eigenvalue weighted by Crippen LogP contribution is 2.40. The molecule has 2 N–H and O–H groups in total. The quantitative estimate of drug-likeness (QED) is 0.629. The van der Waals surface area contributed by atoms with Crippen LogP contribution < -0.4 is 10.6 Å². The second-order valence-electron chi connectivity index (χ2n) is 9.20. The number of hydrogen-bond donors (Lipinski definition) is 2. The first-order valence-corrected chi connectivity index (χ1v) is 11.7. The van der Waals surface area contributed by atoms with Crippen LogP contribution in [0.15, 0.2) is 24.3 Å². The Morgan fingerprint density at radius 2 is 1.55 bits per heavy atom. The van der Waals surface area contributed by atoms with E-state index < -0.39 is 0 Å². The third kappa shape index (κ3) is 6.74. The molecule has 172 valence electrons. The summed E-state index contributed by atoms with van der Waals surface area (Å²) in [4.78, 5) is 29.0. The molecule has 1 heterocycles. The summed E-state index contributed by atoms with van der Waals surface area (Å²) in [6, 6.07) is 6.96. The standard InChI is InChI=1S/C24H37FN4O2/c1-3-19(2)27-23(31)17-29-14-12-28(13-15-29)16-22(30)26-18-24(10-4-5-11-24)20-6-8-21(25)9-7-20/h6-9,19H,3-5,10-18H2,1-2H3,(H,26,30)(H,27,31). The summed E-state index contributed by atoms with van der Waals surface area (Å²) >= 11 is 0. The van der Waals surface area contributed by atoms with Crippen molar-refractivity contribution in [3.05, 3.63) is 35.6 Å². The smallest absolute Gasteiger partial charge is 0.234 e. The lowest BCUT2D eigenvalue weighted by Crippen LogP contribution is -2.52. The van der Waals surface area contributed by atoms with E-state index in [2.05, 4.69) is 27.4 Å². The van der Waals surface area contributed by atoms with Gasteiger partial charge in [0.25, 0.3) is 0 Å². The zero-order valence-corrected chi connectivity index (χ0v) is 19.0. The Balaban J connectivity index is 1.42. The Hall–Kier alpha value is -1.99. The van der Waals surface area contributed by atoms with Crippen LogP contribution in [0.2, 0.25) is 0 Å². The monoisotopic (exact) mass is 432 g/mol. The Morgan fingerprint density at radius 1 is 1.00 bits per heavy atom. The molecule has 0 aromatic heterocycles. The Morgan fingerprint density at radius 3 is 2.10 bits per heavy atom. The lowest BCUT2D eigenvalue weighted by atomic mass is 9.79. The number of nitrogens with zero attached hydrogens (tertiary/aromatic N) is 2. The van der Waals surface area contributed by atoms with E-state index in [9.17, 15) is 14.0 Å². The molecule has 1 unspecified atom stereocenters. The molecule has 2 fully saturated rings. The van der Waals surface area contributed by atoms with Crippen LogP contribution >= 0.6 is 0 Å². The first-order chi connectivity index (χ1) is 14.9. The van der Waals surface area contributed by atoms with Gasteiger partial charge in [0.2, 0.25) is 11.8 Å². The molecule has 1 aliphatic carbocycles. The molecule has 3 rings (SSSR count). The number of piperazine rings is 1. The van der Waals surface area contributed by atoms with Gasteiger partial charge in [0.05, 0.1) is 13.1 Å². The highest BCUT2D eigenvalue weighted by atomic mass is 19.1. The summed E-state index contributed by atoms with van der Waals surface area (Å²) in [5.41, 5.74) is 1.04. The van der Waals surface area contributed by atoms with Gasteiger partial charge >= 0.3 is 0 Å². The van der Waals surface area contributed by atoms with E-state index in [0.717, 1.165) is 63.8 Å². The second-order valence-corrected chi connectivity index (χ2v) is 9.20. The van der Waals surface area contributed by atoms with Crippen molar-refractivity contribution in [1.29, 1.82) is 0 Å². The molecule has 1 atom stereocenters. The van der Waals surface area contributed by atoms with Crippen LogP contribution in [0.4, 0.5) is 4.39 Å². The van der Waals surface area contributed by atoms with Crippen LogP contribution in [0, 0.1) is 5.82 Å². The number of carbonyl (C=O) groups excluding carboxylic acids is 2. The van der Waals surface area contributed by atoms with Crippen molar-refractivity contribution in [3.8, 4) is 0 Å². The summed E-state index contributed by atoms with van der Waals surface area (Å²) < 4.78 is 13.3. The molecule has 1 saturated heterocycles. The van der Waals surface area contributed by atoms with E-state index in [1.54, 1.807) is 0 Å². The largest absolute Gasteiger partial charge is 0.354 e. The maximum Gasteiger partial charge on any atom is 0.234 e. The minimum absolute atomic E-state index is 0.0383. The maximum atomic E-state index is 13.3. The minimum atomic E-state index is -0.225. The summed E-state index contributed by atoms with van der Waals surface area (Å²) in [6.07, 6.45) is 5.25. The van der Waals surface area contributed by atoms with Gasteiger partial charge in [-0.3, -0.25) is 19.4 Å². The molecular weight excluding hydrogens is 395 g/mol. The molecular formula is C24H37FN4O2. The maximum absolute atomic E-state index is 13.3. The van der Waals surface area contributed by atoms with Crippen molar-refractivity contribution in [1.82, 2.24) is 20.4 Å². The Bertz CT molecular complexity index is 726. The van der Waals surface area contributed by atoms with Crippen molar-refractivity contribution in [2.45, 2.75) is 57.4 Å². The fourth-order valence-electron chi connectivity index (χ4n) is 4.68. The Labute approximate surface area is 185 Å². The van der Waals surface area contributed by atoms with Gasteiger partial charge in [-0.15, -0.1) is 0 Å². The second kappa shape index (κ2) is 11.0. The van der Waals surface area contributed by atoms with E-state index in [0.29, 0.717) is 19.6 Å². The molecule has 1 saturated carbocycles. The van der Waals surface area contributed by atoms with Crippen LogP contribution in [0.5, 0.6) is 0 Å². The zero-order chi connectivity index (χ0) is 22.3. The molecule has 31 heavy (non-hydrogen) atoms. The van der Waals surface area contributed by atoms with Crippen LogP contribution in [-0.2, 0) is 15.0 Å². The highest BCUT2D eigenvalue weighted by Gasteiger charge is 2.36. The van der Waals surface area contributed by atoms with Gasteiger partial charge in [0, 0.05) is 44.2 Å². The number of benzene rings is 1. The first-order valence-electron chi connectivity index (χ1n) is 11.7. The topological polar surface area (TPSA) is 64.7 Å². The van der Waals surface area contributed by atoms with E-state index in [1.807, 2.05) is 19.1 Å². The molecule has 6 nitrogen and oxygen atoms in total. The van der Waals surface area contributed by atoms with E-state index >= 15 is 0 Å². The molecule has 0 spiro atoms. The minimum Gasteiger partial charge on any atom is -0.354 e. The zero-order valence-electron chi connectivity index (χ0n) is 19.0. The number of halogens is 1. The predicted octanol–water partition coefficient (Wildman–Crippen LogP) is 2.29. The van der Waals surface area contributed by atoms with Gasteiger partial charge in [-0.1, -0.05) is 31.9 Å². The SMILES string of the molecule is CCC(C)NC(=O)CN1CCN(CC(=O)NCC2(c3ccc(F)cc3)CCCC2)CC1. The van der Waals surface area contributed by atoms with Gasteiger partial charge in [-0.2, -0.15) is 0 Å². The summed E-state index contributed by atoms with van der Waals surface area (Å²) in [5.74, 6) is -0.114. The van der Waals surface area contributed by atoms with Crippen LogP contribution in [0.25, 0.3) is 0 Å². The first kappa shape index (κ1) is 23.7. The average molecular weight is 433 g/mol. The van der Waals surface area contributed by atoms with Gasteiger partial charge in [-0.05, 0) is 43.9 Å². The summed E-state index contributed by atoms with van der Waals surface area (Å²) in [7, 11) is 0. The van der Waals surface area contributed by atoms with E-state index in [1.165, 1.54) is 12.1 Å². The number of amides is 2. The van der Waals surface area contributed by atoms with E-state index in [4.69, 9.17) is 0 Å². The van der Waals surface area contributed by atoms with Gasteiger partial charge in [0.1, 0.15) is 5.82 Å². The molecule has 0 radical (unpaired) electrons. The fraction of sp³-hybridized carbons (Fsp3) is 0.667. The van der Waals surface area contributed by atoms with Crippen molar-refractivity contribution in [3.63, 3.8) is 0 Å². The molecule has 2 aliphatic rings.